The fourth-order valence-corrected chi connectivity index (χ4v) is 2.32. The van der Waals surface area contributed by atoms with Crippen LogP contribution in [0.2, 0.25) is 0 Å². The molecule has 0 amide bonds. The summed E-state index contributed by atoms with van der Waals surface area (Å²) in [6.45, 7) is 0.888. The van der Waals surface area contributed by atoms with Crippen molar-refractivity contribution in [3.05, 3.63) is 35.6 Å². The molecule has 1 aromatic carbocycles. The number of rotatable bonds is 2. The molecular formula is C12H13F3. The van der Waals surface area contributed by atoms with E-state index in [4.69, 9.17) is 0 Å². The van der Waals surface area contributed by atoms with Crippen molar-refractivity contribution in [2.45, 2.75) is 37.5 Å². The van der Waals surface area contributed by atoms with Crippen molar-refractivity contribution in [1.29, 1.82) is 0 Å². The molecule has 1 aliphatic rings. The number of benzene rings is 1. The fraction of sp³-hybridized carbons (Fsp3) is 0.500. The average molecular weight is 214 g/mol. The minimum Gasteiger partial charge on any atom is -0.207 e. The first-order valence-electron chi connectivity index (χ1n) is 5.10. The molecule has 1 aliphatic carbocycles. The molecule has 0 saturated heterocycles. The van der Waals surface area contributed by atoms with E-state index in [-0.39, 0.29) is 5.56 Å². The monoisotopic (exact) mass is 214 g/mol. The maximum atomic E-state index is 13.5. The van der Waals surface area contributed by atoms with Gasteiger partial charge in [-0.25, -0.2) is 13.2 Å². The lowest BCUT2D eigenvalue weighted by Crippen LogP contribution is -2.49. The van der Waals surface area contributed by atoms with Crippen LogP contribution < -0.4 is 0 Å². The molecule has 0 spiro atoms. The Hall–Kier alpha value is -0.990. The van der Waals surface area contributed by atoms with Crippen molar-refractivity contribution < 1.29 is 13.2 Å². The molecule has 0 nitrogen and oxygen atoms in total. The first-order chi connectivity index (χ1) is 6.97. The maximum Gasteiger partial charge on any atom is 0.255 e. The van der Waals surface area contributed by atoms with E-state index < -0.39 is 17.2 Å². The van der Waals surface area contributed by atoms with Crippen LogP contribution in [0.4, 0.5) is 13.2 Å². The van der Waals surface area contributed by atoms with E-state index in [1.54, 1.807) is 6.07 Å². The first kappa shape index (κ1) is 10.5. The van der Waals surface area contributed by atoms with Gasteiger partial charge in [-0.15, -0.1) is 0 Å². The molecule has 0 radical (unpaired) electrons. The summed E-state index contributed by atoms with van der Waals surface area (Å²) in [7, 11) is 0. The lowest BCUT2D eigenvalue weighted by Gasteiger charge is -2.46. The van der Waals surface area contributed by atoms with Crippen molar-refractivity contribution in [2.75, 3.05) is 0 Å². The molecule has 15 heavy (non-hydrogen) atoms. The van der Waals surface area contributed by atoms with E-state index in [0.29, 0.717) is 12.8 Å². The smallest absolute Gasteiger partial charge is 0.207 e. The van der Waals surface area contributed by atoms with Gasteiger partial charge in [0.05, 0.1) is 5.41 Å². The molecule has 0 N–H and O–H groups in total. The molecule has 0 aliphatic heterocycles. The first-order valence-corrected chi connectivity index (χ1v) is 5.10. The van der Waals surface area contributed by atoms with Crippen molar-refractivity contribution in [1.82, 2.24) is 0 Å². The molecule has 0 bridgehead atoms. The topological polar surface area (TPSA) is 0 Å². The van der Waals surface area contributed by atoms with Gasteiger partial charge in [-0.2, -0.15) is 0 Å². The van der Waals surface area contributed by atoms with Crippen LogP contribution in [0.15, 0.2) is 24.3 Å². The Labute approximate surface area is 87.1 Å². The molecule has 0 aromatic heterocycles. The van der Waals surface area contributed by atoms with E-state index in [1.165, 1.54) is 18.2 Å². The van der Waals surface area contributed by atoms with Crippen LogP contribution in [-0.4, -0.2) is 5.92 Å². The number of halogens is 3. The summed E-state index contributed by atoms with van der Waals surface area (Å²) >= 11 is 0. The highest BCUT2D eigenvalue weighted by atomic mass is 19.3. The Balaban J connectivity index is 2.48. The highest BCUT2D eigenvalue weighted by molar-refractivity contribution is 5.32. The molecule has 0 unspecified atom stereocenters. The Morgan fingerprint density at radius 1 is 1.20 bits per heavy atom. The standard InChI is InChI=1S/C12H13F3/c1-11(14,15)12(7-4-8-12)9-5-2-3-6-10(9)13/h2-3,5-6H,4,7-8H2,1H3. The van der Waals surface area contributed by atoms with E-state index >= 15 is 0 Å². The predicted molar refractivity (Wildman–Crippen MR) is 52.6 cm³/mol. The zero-order valence-electron chi connectivity index (χ0n) is 8.56. The van der Waals surface area contributed by atoms with E-state index in [0.717, 1.165) is 13.3 Å². The van der Waals surface area contributed by atoms with Crippen LogP contribution in [0.5, 0.6) is 0 Å². The third-order valence-corrected chi connectivity index (χ3v) is 3.44. The Kier molecular flexibility index (Phi) is 2.28. The third kappa shape index (κ3) is 1.45. The molecule has 1 fully saturated rings. The highest BCUT2D eigenvalue weighted by Gasteiger charge is 2.55. The van der Waals surface area contributed by atoms with Gasteiger partial charge in [0.25, 0.3) is 5.92 Å². The lowest BCUT2D eigenvalue weighted by atomic mass is 9.61. The molecule has 82 valence electrons. The van der Waals surface area contributed by atoms with Gasteiger partial charge in [0.1, 0.15) is 5.82 Å². The fourth-order valence-electron chi connectivity index (χ4n) is 2.32. The summed E-state index contributed by atoms with van der Waals surface area (Å²) in [5, 5.41) is 0. The van der Waals surface area contributed by atoms with E-state index in [9.17, 15) is 13.2 Å². The van der Waals surface area contributed by atoms with Gasteiger partial charge in [-0.1, -0.05) is 24.6 Å². The van der Waals surface area contributed by atoms with Crippen molar-refractivity contribution in [3.8, 4) is 0 Å². The second kappa shape index (κ2) is 3.26. The average Bonchev–Trinajstić information content (AvgIpc) is 2.03. The van der Waals surface area contributed by atoms with Crippen molar-refractivity contribution >= 4 is 0 Å². The van der Waals surface area contributed by atoms with Gasteiger partial charge in [-0.3, -0.25) is 0 Å². The van der Waals surface area contributed by atoms with Gasteiger partial charge in [0, 0.05) is 6.92 Å². The van der Waals surface area contributed by atoms with Gasteiger partial charge in [-0.05, 0) is 24.5 Å². The third-order valence-electron chi connectivity index (χ3n) is 3.44. The largest absolute Gasteiger partial charge is 0.255 e. The molecule has 1 aromatic rings. The number of alkyl halides is 2. The van der Waals surface area contributed by atoms with Crippen LogP contribution in [0.25, 0.3) is 0 Å². The summed E-state index contributed by atoms with van der Waals surface area (Å²) < 4.78 is 40.5. The number of hydrogen-bond donors (Lipinski definition) is 0. The second-order valence-electron chi connectivity index (χ2n) is 4.30. The normalized spacial score (nSPS) is 19.7. The molecular weight excluding hydrogens is 201 g/mol. The van der Waals surface area contributed by atoms with Crippen LogP contribution in [0.1, 0.15) is 31.7 Å². The Morgan fingerprint density at radius 3 is 2.20 bits per heavy atom. The van der Waals surface area contributed by atoms with Gasteiger partial charge >= 0.3 is 0 Å². The number of hydrogen-bond acceptors (Lipinski definition) is 0. The molecule has 0 heterocycles. The summed E-state index contributed by atoms with van der Waals surface area (Å²) in [4.78, 5) is 0. The van der Waals surface area contributed by atoms with Crippen molar-refractivity contribution in [3.63, 3.8) is 0 Å². The second-order valence-corrected chi connectivity index (χ2v) is 4.30. The van der Waals surface area contributed by atoms with Gasteiger partial charge in [0.2, 0.25) is 0 Å². The lowest BCUT2D eigenvalue weighted by molar-refractivity contribution is -0.0983. The molecule has 3 heteroatoms. The maximum absolute atomic E-state index is 13.5. The Morgan fingerprint density at radius 2 is 1.80 bits per heavy atom. The van der Waals surface area contributed by atoms with Gasteiger partial charge < -0.3 is 0 Å². The molecule has 1 saturated carbocycles. The summed E-state index contributed by atoms with van der Waals surface area (Å²) in [6.07, 6.45) is 1.49. The Bertz CT molecular complexity index is 361. The predicted octanol–water partition coefficient (Wildman–Crippen LogP) is 3.90. The van der Waals surface area contributed by atoms with Gasteiger partial charge in [0.15, 0.2) is 0 Å². The summed E-state index contributed by atoms with van der Waals surface area (Å²) in [5.74, 6) is -3.37. The van der Waals surface area contributed by atoms with Crippen LogP contribution in [0.3, 0.4) is 0 Å². The SMILES string of the molecule is CC(F)(F)C1(c2ccccc2F)CCC1. The van der Waals surface area contributed by atoms with Crippen LogP contribution in [0, 0.1) is 5.82 Å². The van der Waals surface area contributed by atoms with Crippen LogP contribution >= 0.6 is 0 Å². The quantitative estimate of drug-likeness (QED) is 0.700. The van der Waals surface area contributed by atoms with E-state index in [2.05, 4.69) is 0 Å². The zero-order valence-corrected chi connectivity index (χ0v) is 8.56. The summed E-state index contributed by atoms with van der Waals surface area (Å²) in [6, 6.07) is 5.87. The molecule has 2 rings (SSSR count). The van der Waals surface area contributed by atoms with Crippen molar-refractivity contribution in [2.24, 2.45) is 0 Å². The minimum absolute atomic E-state index is 0.170. The molecule has 0 atom stereocenters. The zero-order chi connectivity index (χ0) is 11.1. The minimum atomic E-state index is -2.85. The van der Waals surface area contributed by atoms with Crippen LogP contribution in [-0.2, 0) is 5.41 Å². The highest BCUT2D eigenvalue weighted by Crippen LogP contribution is 2.54. The summed E-state index contributed by atoms with van der Waals surface area (Å²) in [5.41, 5.74) is -1.10. The van der Waals surface area contributed by atoms with E-state index in [1.807, 2.05) is 0 Å².